The van der Waals surface area contributed by atoms with E-state index in [4.69, 9.17) is 10.5 Å². The molecular weight excluding hydrogens is 192 g/mol. The minimum Gasteiger partial charge on any atom is -0.446 e. The van der Waals surface area contributed by atoms with Gasteiger partial charge in [-0.25, -0.2) is 4.79 Å². The highest BCUT2D eigenvalue weighted by Gasteiger charge is 2.33. The van der Waals surface area contributed by atoms with Gasteiger partial charge in [0.1, 0.15) is 6.10 Å². The Morgan fingerprint density at radius 1 is 1.47 bits per heavy atom. The highest BCUT2D eigenvalue weighted by atomic mass is 16.6. The maximum absolute atomic E-state index is 10.6. The number of carbonyl (C=O) groups is 1. The van der Waals surface area contributed by atoms with Crippen molar-refractivity contribution in [3.63, 3.8) is 0 Å². The molecule has 2 unspecified atom stereocenters. The van der Waals surface area contributed by atoms with Crippen LogP contribution in [0.1, 0.15) is 40.5 Å². The van der Waals surface area contributed by atoms with Gasteiger partial charge in [-0.1, -0.05) is 0 Å². The van der Waals surface area contributed by atoms with Crippen LogP contribution in [0.2, 0.25) is 0 Å². The van der Waals surface area contributed by atoms with Crippen LogP contribution in [0.15, 0.2) is 0 Å². The first-order valence-electron chi connectivity index (χ1n) is 5.53. The second-order valence-electron chi connectivity index (χ2n) is 5.30. The van der Waals surface area contributed by atoms with Crippen molar-refractivity contribution in [1.29, 1.82) is 0 Å². The quantitative estimate of drug-likeness (QED) is 0.723. The molecule has 1 amide bonds. The number of rotatable bonds is 1. The van der Waals surface area contributed by atoms with E-state index in [1.807, 2.05) is 0 Å². The Kier molecular flexibility index (Phi) is 3.60. The van der Waals surface area contributed by atoms with E-state index >= 15 is 0 Å². The summed E-state index contributed by atoms with van der Waals surface area (Å²) in [6.45, 7) is 9.75. The fraction of sp³-hybridized carbons (Fsp3) is 0.909. The summed E-state index contributed by atoms with van der Waals surface area (Å²) < 4.78 is 5.03. The average molecular weight is 214 g/mol. The maximum atomic E-state index is 10.6. The number of piperidine rings is 1. The zero-order valence-electron chi connectivity index (χ0n) is 10.1. The molecule has 4 heteroatoms. The van der Waals surface area contributed by atoms with Crippen molar-refractivity contribution in [1.82, 2.24) is 4.90 Å². The molecule has 4 nitrogen and oxygen atoms in total. The lowest BCUT2D eigenvalue weighted by molar-refractivity contribution is -0.00660. The van der Waals surface area contributed by atoms with Crippen molar-refractivity contribution in [2.45, 2.75) is 58.2 Å². The predicted molar refractivity (Wildman–Crippen MR) is 59.6 cm³/mol. The van der Waals surface area contributed by atoms with Gasteiger partial charge < -0.3 is 10.5 Å². The summed E-state index contributed by atoms with van der Waals surface area (Å²) in [5, 5.41) is 0. The zero-order chi connectivity index (χ0) is 11.6. The Morgan fingerprint density at radius 3 is 2.47 bits per heavy atom. The smallest absolute Gasteiger partial charge is 0.404 e. The van der Waals surface area contributed by atoms with Crippen molar-refractivity contribution in [2.24, 2.45) is 5.73 Å². The third-order valence-corrected chi connectivity index (χ3v) is 2.97. The number of hydrogen-bond donors (Lipinski definition) is 1. The first kappa shape index (κ1) is 12.3. The van der Waals surface area contributed by atoms with Crippen LogP contribution in [0.25, 0.3) is 0 Å². The lowest BCUT2D eigenvalue weighted by Gasteiger charge is -2.45. The van der Waals surface area contributed by atoms with E-state index in [2.05, 4.69) is 32.6 Å². The number of nitrogens with zero attached hydrogens (tertiary/aromatic N) is 1. The topological polar surface area (TPSA) is 55.6 Å². The molecule has 1 aliphatic heterocycles. The number of ether oxygens (including phenoxy) is 1. The van der Waals surface area contributed by atoms with Gasteiger partial charge >= 0.3 is 6.09 Å². The van der Waals surface area contributed by atoms with Gasteiger partial charge in [0.25, 0.3) is 0 Å². The Balaban J connectivity index is 2.51. The van der Waals surface area contributed by atoms with Gasteiger partial charge in [0.2, 0.25) is 0 Å². The van der Waals surface area contributed by atoms with Gasteiger partial charge in [0.15, 0.2) is 0 Å². The number of nitrogens with two attached hydrogens (primary N) is 1. The van der Waals surface area contributed by atoms with Crippen molar-refractivity contribution in [3.05, 3.63) is 0 Å². The largest absolute Gasteiger partial charge is 0.446 e. The molecule has 1 heterocycles. The van der Waals surface area contributed by atoms with E-state index in [0.29, 0.717) is 6.04 Å². The van der Waals surface area contributed by atoms with Crippen molar-refractivity contribution >= 4 is 6.09 Å². The lowest BCUT2D eigenvalue weighted by atomic mass is 9.94. The highest BCUT2D eigenvalue weighted by molar-refractivity contribution is 5.64. The minimum atomic E-state index is -0.656. The fourth-order valence-corrected chi connectivity index (χ4v) is 2.40. The molecule has 0 bridgehead atoms. The molecule has 15 heavy (non-hydrogen) atoms. The van der Waals surface area contributed by atoms with Crippen LogP contribution < -0.4 is 5.73 Å². The van der Waals surface area contributed by atoms with Crippen LogP contribution in [-0.2, 0) is 4.74 Å². The van der Waals surface area contributed by atoms with Gasteiger partial charge in [-0.15, -0.1) is 0 Å². The number of amides is 1. The lowest BCUT2D eigenvalue weighted by Crippen LogP contribution is -2.52. The van der Waals surface area contributed by atoms with Crippen LogP contribution in [0, 0.1) is 0 Å². The molecule has 0 aromatic carbocycles. The third kappa shape index (κ3) is 3.38. The number of likely N-dealkylation sites (tertiary alicyclic amines) is 1. The Hall–Kier alpha value is -0.770. The van der Waals surface area contributed by atoms with Crippen molar-refractivity contribution in [3.8, 4) is 0 Å². The monoisotopic (exact) mass is 214 g/mol. The van der Waals surface area contributed by atoms with Crippen LogP contribution in [-0.4, -0.2) is 35.2 Å². The number of primary amides is 1. The summed E-state index contributed by atoms with van der Waals surface area (Å²) in [6.07, 6.45) is 1.10. The van der Waals surface area contributed by atoms with Gasteiger partial charge in [0, 0.05) is 18.1 Å². The second kappa shape index (κ2) is 4.39. The molecule has 0 aliphatic carbocycles. The van der Waals surface area contributed by atoms with E-state index < -0.39 is 6.09 Å². The molecule has 1 saturated heterocycles. The molecule has 0 spiro atoms. The third-order valence-electron chi connectivity index (χ3n) is 2.97. The molecule has 0 radical (unpaired) electrons. The van der Waals surface area contributed by atoms with Crippen molar-refractivity contribution < 1.29 is 9.53 Å². The first-order chi connectivity index (χ1) is 6.80. The van der Waals surface area contributed by atoms with Gasteiger partial charge in [-0.2, -0.15) is 0 Å². The molecule has 0 aromatic rings. The molecule has 1 aliphatic rings. The Labute approximate surface area is 91.8 Å². The second-order valence-corrected chi connectivity index (χ2v) is 5.30. The molecule has 0 aromatic heterocycles. The molecule has 2 N–H and O–H groups in total. The summed E-state index contributed by atoms with van der Waals surface area (Å²) in [5.41, 5.74) is 5.19. The first-order valence-corrected chi connectivity index (χ1v) is 5.53. The number of hydrogen-bond acceptors (Lipinski definition) is 3. The highest BCUT2D eigenvalue weighted by Crippen LogP contribution is 2.26. The summed E-state index contributed by atoms with van der Waals surface area (Å²) in [6, 6.07) is 0.433. The molecule has 1 fully saturated rings. The Morgan fingerprint density at radius 2 is 2.07 bits per heavy atom. The summed E-state index contributed by atoms with van der Waals surface area (Å²) >= 11 is 0. The Bertz CT molecular complexity index is 235. The number of carbonyl (C=O) groups excluding carboxylic acids is 1. The van der Waals surface area contributed by atoms with E-state index in [0.717, 1.165) is 19.4 Å². The van der Waals surface area contributed by atoms with E-state index in [-0.39, 0.29) is 11.6 Å². The minimum absolute atomic E-state index is 0.00361. The van der Waals surface area contributed by atoms with Crippen LogP contribution in [0.3, 0.4) is 0 Å². The molecule has 0 saturated carbocycles. The average Bonchev–Trinajstić information content (AvgIpc) is 1.99. The van der Waals surface area contributed by atoms with Crippen LogP contribution in [0.5, 0.6) is 0 Å². The predicted octanol–water partition coefficient (Wildman–Crippen LogP) is 1.73. The molecule has 2 atom stereocenters. The SMILES string of the molecule is CC1CC(OC(N)=O)CCN1C(C)(C)C. The van der Waals surface area contributed by atoms with E-state index in [1.54, 1.807) is 0 Å². The normalized spacial score (nSPS) is 28.8. The molecule has 1 rings (SSSR count). The van der Waals surface area contributed by atoms with Crippen LogP contribution in [0.4, 0.5) is 4.79 Å². The van der Waals surface area contributed by atoms with Crippen LogP contribution >= 0.6 is 0 Å². The standard InChI is InChI=1S/C11H22N2O2/c1-8-7-9(15-10(12)14)5-6-13(8)11(2,3)4/h8-9H,5-7H2,1-4H3,(H2,12,14). The van der Waals surface area contributed by atoms with Crippen molar-refractivity contribution in [2.75, 3.05) is 6.54 Å². The summed E-state index contributed by atoms with van der Waals surface area (Å²) in [4.78, 5) is 13.1. The summed E-state index contributed by atoms with van der Waals surface area (Å²) in [7, 11) is 0. The summed E-state index contributed by atoms with van der Waals surface area (Å²) in [5.74, 6) is 0. The van der Waals surface area contributed by atoms with E-state index in [1.165, 1.54) is 0 Å². The van der Waals surface area contributed by atoms with Gasteiger partial charge in [-0.3, -0.25) is 4.90 Å². The maximum Gasteiger partial charge on any atom is 0.404 e. The van der Waals surface area contributed by atoms with Gasteiger partial charge in [-0.05, 0) is 40.5 Å². The molecule has 88 valence electrons. The zero-order valence-corrected chi connectivity index (χ0v) is 10.1. The fourth-order valence-electron chi connectivity index (χ4n) is 2.40. The molecular formula is C11H22N2O2. The van der Waals surface area contributed by atoms with E-state index in [9.17, 15) is 4.79 Å². The van der Waals surface area contributed by atoms with Gasteiger partial charge in [0.05, 0.1) is 0 Å².